The molecule has 1 heterocycles. The summed E-state index contributed by atoms with van der Waals surface area (Å²) in [4.78, 5) is 16.8. The highest BCUT2D eigenvalue weighted by molar-refractivity contribution is 5.94. The monoisotopic (exact) mass is 343 g/mol. The molecule has 0 atom stereocenters. The van der Waals surface area contributed by atoms with Crippen molar-refractivity contribution in [3.63, 3.8) is 0 Å². The standard InChI is InChI=1S/C21H29NO3/c1-8-24-20(23)18-9-14(4)16-10-15(25-12-13(2)3)11-17(19(16)22-18)21(5,6)7/h9-11,13H,8,12H2,1-7H3. The van der Waals surface area contributed by atoms with Crippen LogP contribution in [0.3, 0.4) is 0 Å². The van der Waals surface area contributed by atoms with Gasteiger partial charge in [-0.15, -0.1) is 0 Å². The van der Waals surface area contributed by atoms with E-state index in [1.807, 2.05) is 19.1 Å². The van der Waals surface area contributed by atoms with Crippen molar-refractivity contribution in [3.05, 3.63) is 35.0 Å². The molecule has 0 amide bonds. The predicted molar refractivity (Wildman–Crippen MR) is 101 cm³/mol. The van der Waals surface area contributed by atoms with Crippen LogP contribution in [0.5, 0.6) is 5.75 Å². The molecule has 0 fully saturated rings. The van der Waals surface area contributed by atoms with Crippen molar-refractivity contribution in [2.75, 3.05) is 13.2 Å². The van der Waals surface area contributed by atoms with Crippen molar-refractivity contribution in [2.24, 2.45) is 5.92 Å². The summed E-state index contributed by atoms with van der Waals surface area (Å²) in [5.74, 6) is 0.923. The Hall–Kier alpha value is -2.10. The van der Waals surface area contributed by atoms with E-state index in [1.54, 1.807) is 13.0 Å². The number of hydrogen-bond acceptors (Lipinski definition) is 4. The van der Waals surface area contributed by atoms with Crippen molar-refractivity contribution in [1.29, 1.82) is 0 Å². The van der Waals surface area contributed by atoms with Crippen LogP contribution >= 0.6 is 0 Å². The Morgan fingerprint density at radius 1 is 1.20 bits per heavy atom. The van der Waals surface area contributed by atoms with E-state index >= 15 is 0 Å². The Kier molecular flexibility index (Phi) is 5.71. The maximum atomic E-state index is 12.1. The van der Waals surface area contributed by atoms with Gasteiger partial charge in [0.1, 0.15) is 11.4 Å². The lowest BCUT2D eigenvalue weighted by Gasteiger charge is -2.23. The first kappa shape index (κ1) is 19.2. The van der Waals surface area contributed by atoms with E-state index in [9.17, 15) is 4.79 Å². The molecule has 4 heteroatoms. The van der Waals surface area contributed by atoms with Gasteiger partial charge in [-0.3, -0.25) is 0 Å². The lowest BCUT2D eigenvalue weighted by atomic mass is 9.84. The number of rotatable bonds is 5. The van der Waals surface area contributed by atoms with Gasteiger partial charge in [-0.25, -0.2) is 9.78 Å². The zero-order valence-corrected chi connectivity index (χ0v) is 16.4. The molecule has 4 nitrogen and oxygen atoms in total. The molecule has 0 aliphatic rings. The quantitative estimate of drug-likeness (QED) is 0.713. The van der Waals surface area contributed by atoms with Gasteiger partial charge in [-0.2, -0.15) is 0 Å². The third-order valence-electron chi connectivity index (χ3n) is 3.97. The van der Waals surface area contributed by atoms with E-state index in [0.29, 0.717) is 24.8 Å². The first-order chi connectivity index (χ1) is 11.6. The zero-order chi connectivity index (χ0) is 18.8. The molecule has 0 unspecified atom stereocenters. The van der Waals surface area contributed by atoms with Gasteiger partial charge in [-0.05, 0) is 54.5 Å². The fourth-order valence-corrected chi connectivity index (χ4v) is 2.69. The molecule has 0 N–H and O–H groups in total. The number of benzene rings is 1. The molecule has 1 aromatic heterocycles. The van der Waals surface area contributed by atoms with Gasteiger partial charge in [0.25, 0.3) is 0 Å². The van der Waals surface area contributed by atoms with E-state index in [-0.39, 0.29) is 11.4 Å². The molecule has 0 saturated carbocycles. The number of carbonyl (C=O) groups excluding carboxylic acids is 1. The van der Waals surface area contributed by atoms with Gasteiger partial charge in [0.05, 0.1) is 18.7 Å². The minimum absolute atomic E-state index is 0.123. The smallest absolute Gasteiger partial charge is 0.356 e. The second-order valence-electron chi connectivity index (χ2n) is 7.87. The van der Waals surface area contributed by atoms with Crippen LogP contribution in [0.1, 0.15) is 63.2 Å². The normalized spacial score (nSPS) is 11.8. The van der Waals surface area contributed by atoms with Crippen molar-refractivity contribution in [1.82, 2.24) is 4.98 Å². The summed E-state index contributed by atoms with van der Waals surface area (Å²) in [6.45, 7) is 15.5. The summed E-state index contributed by atoms with van der Waals surface area (Å²) in [5, 5.41) is 1.01. The number of fused-ring (bicyclic) bond motifs is 1. The largest absolute Gasteiger partial charge is 0.493 e. The minimum Gasteiger partial charge on any atom is -0.493 e. The predicted octanol–water partition coefficient (Wildman–Crippen LogP) is 5.05. The van der Waals surface area contributed by atoms with Crippen molar-refractivity contribution < 1.29 is 14.3 Å². The number of ether oxygens (including phenoxy) is 2. The van der Waals surface area contributed by atoms with E-state index in [0.717, 1.165) is 27.8 Å². The summed E-state index contributed by atoms with van der Waals surface area (Å²) in [6.07, 6.45) is 0. The molecule has 0 aliphatic carbocycles. The van der Waals surface area contributed by atoms with Gasteiger partial charge in [0.2, 0.25) is 0 Å². The highest BCUT2D eigenvalue weighted by atomic mass is 16.5. The Balaban J connectivity index is 2.65. The van der Waals surface area contributed by atoms with Crippen LogP contribution in [0.25, 0.3) is 10.9 Å². The highest BCUT2D eigenvalue weighted by Gasteiger charge is 2.22. The van der Waals surface area contributed by atoms with Gasteiger partial charge in [-0.1, -0.05) is 34.6 Å². The Morgan fingerprint density at radius 3 is 2.44 bits per heavy atom. The lowest BCUT2D eigenvalue weighted by molar-refractivity contribution is 0.0520. The summed E-state index contributed by atoms with van der Waals surface area (Å²) in [5.41, 5.74) is 3.13. The van der Waals surface area contributed by atoms with Crippen molar-refractivity contribution >= 4 is 16.9 Å². The van der Waals surface area contributed by atoms with E-state index in [2.05, 4.69) is 39.6 Å². The number of aryl methyl sites for hydroxylation is 1. The van der Waals surface area contributed by atoms with Crippen LogP contribution in [0.15, 0.2) is 18.2 Å². The van der Waals surface area contributed by atoms with Crippen LogP contribution in [0, 0.1) is 12.8 Å². The highest BCUT2D eigenvalue weighted by Crippen LogP contribution is 2.34. The fraction of sp³-hybridized carbons (Fsp3) is 0.524. The number of esters is 1. The van der Waals surface area contributed by atoms with Crippen LogP contribution in [0.4, 0.5) is 0 Å². The number of carbonyl (C=O) groups is 1. The molecule has 136 valence electrons. The van der Waals surface area contributed by atoms with Crippen LogP contribution in [-0.4, -0.2) is 24.2 Å². The lowest BCUT2D eigenvalue weighted by Crippen LogP contribution is -2.15. The van der Waals surface area contributed by atoms with Gasteiger partial charge >= 0.3 is 5.97 Å². The van der Waals surface area contributed by atoms with Gasteiger partial charge in [0.15, 0.2) is 0 Å². The average Bonchev–Trinajstić information content (AvgIpc) is 2.51. The SMILES string of the molecule is CCOC(=O)c1cc(C)c2cc(OCC(C)C)cc(C(C)(C)C)c2n1. The molecule has 0 spiro atoms. The Bertz CT molecular complexity index is 773. The molecule has 25 heavy (non-hydrogen) atoms. The summed E-state index contributed by atoms with van der Waals surface area (Å²) in [6, 6.07) is 5.86. The second kappa shape index (κ2) is 7.42. The molecular weight excluding hydrogens is 314 g/mol. The first-order valence-corrected chi connectivity index (χ1v) is 8.89. The molecule has 0 bridgehead atoms. The molecular formula is C21H29NO3. The van der Waals surface area contributed by atoms with Gasteiger partial charge in [0, 0.05) is 5.39 Å². The topological polar surface area (TPSA) is 48.4 Å². The number of pyridine rings is 1. The van der Waals surface area contributed by atoms with Crippen LogP contribution in [0.2, 0.25) is 0 Å². The molecule has 0 radical (unpaired) electrons. The van der Waals surface area contributed by atoms with Crippen LogP contribution in [-0.2, 0) is 10.2 Å². The second-order valence-corrected chi connectivity index (χ2v) is 7.87. The zero-order valence-electron chi connectivity index (χ0n) is 16.4. The summed E-state index contributed by atoms with van der Waals surface area (Å²) in [7, 11) is 0. The molecule has 0 saturated heterocycles. The molecule has 1 aromatic carbocycles. The maximum Gasteiger partial charge on any atom is 0.356 e. The van der Waals surface area contributed by atoms with Gasteiger partial charge < -0.3 is 9.47 Å². The van der Waals surface area contributed by atoms with Crippen molar-refractivity contribution in [2.45, 2.75) is 53.9 Å². The molecule has 2 aromatic rings. The fourth-order valence-electron chi connectivity index (χ4n) is 2.69. The number of nitrogens with zero attached hydrogens (tertiary/aromatic N) is 1. The number of hydrogen-bond donors (Lipinski definition) is 0. The maximum absolute atomic E-state index is 12.1. The number of aromatic nitrogens is 1. The van der Waals surface area contributed by atoms with E-state index in [4.69, 9.17) is 9.47 Å². The Labute approximate surface area is 150 Å². The van der Waals surface area contributed by atoms with Crippen molar-refractivity contribution in [3.8, 4) is 5.75 Å². The van der Waals surface area contributed by atoms with E-state index in [1.165, 1.54) is 0 Å². The minimum atomic E-state index is -0.382. The third-order valence-corrected chi connectivity index (χ3v) is 3.97. The summed E-state index contributed by atoms with van der Waals surface area (Å²) >= 11 is 0. The van der Waals surface area contributed by atoms with Crippen LogP contribution < -0.4 is 4.74 Å². The van der Waals surface area contributed by atoms with E-state index < -0.39 is 0 Å². The Morgan fingerprint density at radius 2 is 1.88 bits per heavy atom. The molecule has 2 rings (SSSR count). The molecule has 0 aliphatic heterocycles. The summed E-state index contributed by atoms with van der Waals surface area (Å²) < 4.78 is 11.1. The average molecular weight is 343 g/mol. The third kappa shape index (κ3) is 4.50. The first-order valence-electron chi connectivity index (χ1n) is 8.89.